The lowest BCUT2D eigenvalue weighted by Gasteiger charge is -2.37. The number of aromatic carboxylic acids is 1. The van der Waals surface area contributed by atoms with E-state index >= 15 is 0 Å². The highest BCUT2D eigenvalue weighted by molar-refractivity contribution is 7.89. The number of fused-ring (bicyclic) bond motifs is 1. The van der Waals surface area contributed by atoms with Crippen molar-refractivity contribution in [2.75, 3.05) is 26.7 Å². The van der Waals surface area contributed by atoms with Crippen molar-refractivity contribution < 1.29 is 28.2 Å². The number of rotatable bonds is 8. The van der Waals surface area contributed by atoms with Crippen LogP contribution in [-0.4, -0.2) is 72.7 Å². The van der Waals surface area contributed by atoms with Gasteiger partial charge in [-0.1, -0.05) is 31.2 Å². The smallest absolute Gasteiger partial charge is 0.335 e. The highest BCUT2D eigenvalue weighted by atomic mass is 32.2. The van der Waals surface area contributed by atoms with E-state index in [2.05, 4.69) is 11.0 Å². The fraction of sp³-hybridized carbons (Fsp3) is 0.483. The molecule has 0 saturated heterocycles. The van der Waals surface area contributed by atoms with Gasteiger partial charge in [-0.25, -0.2) is 13.2 Å². The Balaban J connectivity index is 1.67. The zero-order chi connectivity index (χ0) is 27.4. The van der Waals surface area contributed by atoms with E-state index in [4.69, 9.17) is 4.74 Å². The van der Waals surface area contributed by atoms with Gasteiger partial charge < -0.3 is 14.9 Å². The number of aliphatic hydroxyl groups excluding tert-OH is 1. The first kappa shape index (κ1) is 28.3. The molecule has 2 aromatic carbocycles. The van der Waals surface area contributed by atoms with E-state index in [1.807, 2.05) is 32.2 Å². The molecule has 0 amide bonds. The van der Waals surface area contributed by atoms with Crippen molar-refractivity contribution in [3.8, 4) is 5.75 Å². The van der Waals surface area contributed by atoms with Crippen LogP contribution in [0.2, 0.25) is 0 Å². The van der Waals surface area contributed by atoms with Gasteiger partial charge in [-0.3, -0.25) is 4.90 Å². The number of carboxylic acid groups (broad SMARTS) is 1. The molecule has 2 aromatic rings. The van der Waals surface area contributed by atoms with Crippen LogP contribution in [0, 0.1) is 5.92 Å². The second-order valence-corrected chi connectivity index (χ2v) is 12.4. The monoisotopic (exact) mass is 542 g/mol. The van der Waals surface area contributed by atoms with E-state index < -0.39 is 22.0 Å². The highest BCUT2D eigenvalue weighted by Crippen LogP contribution is 2.37. The van der Waals surface area contributed by atoms with Gasteiger partial charge in [0.1, 0.15) is 16.7 Å². The molecule has 1 heterocycles. The summed E-state index contributed by atoms with van der Waals surface area (Å²) in [5.74, 6) is -0.800. The van der Waals surface area contributed by atoms with Crippen molar-refractivity contribution >= 4 is 21.6 Å². The predicted octanol–water partition coefficient (Wildman–Crippen LogP) is 4.24. The predicted molar refractivity (Wildman–Crippen MR) is 147 cm³/mol. The first-order chi connectivity index (χ1) is 18.1. The Morgan fingerprint density at radius 1 is 1.21 bits per heavy atom. The average molecular weight is 543 g/mol. The number of hydrogen-bond donors (Lipinski definition) is 2. The first-order valence-corrected chi connectivity index (χ1v) is 14.7. The summed E-state index contributed by atoms with van der Waals surface area (Å²) in [5.41, 5.74) is 3.30. The number of nitrogens with zero attached hydrogens (tertiary/aromatic N) is 2. The summed E-state index contributed by atoms with van der Waals surface area (Å²) in [7, 11) is -1.95. The summed E-state index contributed by atoms with van der Waals surface area (Å²) < 4.78 is 35.4. The fourth-order valence-corrected chi connectivity index (χ4v) is 7.06. The average Bonchev–Trinajstić information content (AvgIpc) is 2.90. The lowest BCUT2D eigenvalue weighted by molar-refractivity contribution is 0.0693. The number of carboxylic acids is 1. The third kappa shape index (κ3) is 6.29. The quantitative estimate of drug-likeness (QED) is 0.514. The van der Waals surface area contributed by atoms with Crippen molar-refractivity contribution in [2.24, 2.45) is 5.92 Å². The third-order valence-electron chi connectivity index (χ3n) is 7.45. The van der Waals surface area contributed by atoms with Crippen LogP contribution >= 0.6 is 0 Å². The minimum Gasteiger partial charge on any atom is -0.487 e. The van der Waals surface area contributed by atoms with E-state index in [0.29, 0.717) is 18.8 Å². The van der Waals surface area contributed by atoms with E-state index in [-0.39, 0.29) is 35.6 Å². The fourth-order valence-electron chi connectivity index (χ4n) is 5.23. The van der Waals surface area contributed by atoms with Gasteiger partial charge in [-0.15, -0.1) is 0 Å². The maximum atomic E-state index is 13.7. The second kappa shape index (κ2) is 12.0. The summed E-state index contributed by atoms with van der Waals surface area (Å²) in [6.45, 7) is 4.63. The van der Waals surface area contributed by atoms with Gasteiger partial charge >= 0.3 is 5.97 Å². The van der Waals surface area contributed by atoms with Crippen LogP contribution in [0.15, 0.2) is 53.4 Å². The Kier molecular flexibility index (Phi) is 8.92. The minimum absolute atomic E-state index is 0.117. The Bertz CT molecular complexity index is 1290. The van der Waals surface area contributed by atoms with E-state index in [1.165, 1.54) is 9.88 Å². The largest absolute Gasteiger partial charge is 0.487 e. The number of benzene rings is 2. The topological polar surface area (TPSA) is 107 Å². The zero-order valence-corrected chi connectivity index (χ0v) is 23.2. The van der Waals surface area contributed by atoms with Crippen molar-refractivity contribution in [3.05, 3.63) is 65.2 Å². The maximum absolute atomic E-state index is 13.7. The minimum atomic E-state index is -3.89. The van der Waals surface area contributed by atoms with E-state index in [9.17, 15) is 23.4 Å². The highest BCUT2D eigenvalue weighted by Gasteiger charge is 2.38. The molecule has 8 nitrogen and oxygen atoms in total. The molecule has 38 heavy (non-hydrogen) atoms. The molecular weight excluding hydrogens is 504 g/mol. The molecule has 0 fully saturated rings. The summed E-state index contributed by atoms with van der Waals surface area (Å²) in [4.78, 5) is 13.6. The van der Waals surface area contributed by atoms with Crippen LogP contribution in [0.25, 0.3) is 5.57 Å². The SMILES string of the molecule is C[C@@H]1CN([C@H](C)CO)S(=O)(=O)c2ccc(C3=CCCCC3)cc2O[C@@H]1CN(C)Cc1cccc(C(=O)O)c1. The van der Waals surface area contributed by atoms with Crippen molar-refractivity contribution in [1.29, 1.82) is 0 Å². The molecule has 3 atom stereocenters. The van der Waals surface area contributed by atoms with Crippen LogP contribution in [0.3, 0.4) is 0 Å². The molecule has 0 radical (unpaired) electrons. The first-order valence-electron chi connectivity index (χ1n) is 13.2. The lowest BCUT2D eigenvalue weighted by atomic mass is 9.93. The number of allylic oxidation sites excluding steroid dienone is 2. The number of sulfonamides is 1. The van der Waals surface area contributed by atoms with Gasteiger partial charge in [0.2, 0.25) is 10.0 Å². The number of carbonyl (C=O) groups is 1. The van der Waals surface area contributed by atoms with Crippen molar-refractivity contribution in [1.82, 2.24) is 9.21 Å². The molecule has 0 unspecified atom stereocenters. The van der Waals surface area contributed by atoms with Crippen LogP contribution in [0.4, 0.5) is 0 Å². The molecule has 0 bridgehead atoms. The molecule has 1 aliphatic heterocycles. The molecule has 9 heteroatoms. The summed E-state index contributed by atoms with van der Waals surface area (Å²) >= 11 is 0. The molecule has 0 spiro atoms. The van der Waals surface area contributed by atoms with Gasteiger partial charge in [0.15, 0.2) is 0 Å². The normalized spacial score (nSPS) is 22.5. The molecule has 4 rings (SSSR count). The number of hydrogen-bond acceptors (Lipinski definition) is 6. The second-order valence-electron chi connectivity index (χ2n) is 10.6. The molecule has 0 aromatic heterocycles. The van der Waals surface area contributed by atoms with E-state index in [0.717, 1.165) is 36.8 Å². The summed E-state index contributed by atoms with van der Waals surface area (Å²) in [5, 5.41) is 19.2. The van der Waals surface area contributed by atoms with Crippen molar-refractivity contribution in [2.45, 2.75) is 63.1 Å². The van der Waals surface area contributed by atoms with Crippen LogP contribution in [0.1, 0.15) is 61.0 Å². The Hall–Kier alpha value is -2.72. The van der Waals surface area contributed by atoms with Gasteiger partial charge in [-0.2, -0.15) is 4.31 Å². The molecular formula is C29H38N2O6S. The van der Waals surface area contributed by atoms with Crippen LogP contribution in [0.5, 0.6) is 5.75 Å². The lowest BCUT2D eigenvalue weighted by Crippen LogP contribution is -2.49. The van der Waals surface area contributed by atoms with Crippen molar-refractivity contribution in [3.63, 3.8) is 0 Å². The Labute approximate surface area is 225 Å². The molecule has 2 N–H and O–H groups in total. The Morgan fingerprint density at radius 2 is 2.00 bits per heavy atom. The number of likely N-dealkylation sites (N-methyl/N-ethyl adjacent to an activating group) is 1. The van der Waals surface area contributed by atoms with Gasteiger partial charge in [0.05, 0.1) is 12.2 Å². The van der Waals surface area contributed by atoms with E-state index in [1.54, 1.807) is 31.2 Å². The Morgan fingerprint density at radius 3 is 2.68 bits per heavy atom. The van der Waals surface area contributed by atoms with Gasteiger partial charge in [0.25, 0.3) is 0 Å². The maximum Gasteiger partial charge on any atom is 0.335 e. The molecule has 206 valence electrons. The summed E-state index contributed by atoms with van der Waals surface area (Å²) in [6, 6.07) is 11.6. The standard InChI is InChI=1S/C29H38N2O6S/c1-20-16-31(21(2)19-32)38(35,36)28-13-12-24(23-9-5-4-6-10-23)15-26(28)37-27(20)18-30(3)17-22-8-7-11-25(14-22)29(33)34/h7-9,11-15,20-21,27,32H,4-6,10,16-19H2,1-3H3,(H,33,34)/t20-,21-,27-/m1/s1. The molecule has 2 aliphatic rings. The third-order valence-corrected chi connectivity index (χ3v) is 9.47. The number of ether oxygens (including phenoxy) is 1. The zero-order valence-electron chi connectivity index (χ0n) is 22.3. The van der Waals surface area contributed by atoms with Crippen LogP contribution < -0.4 is 4.74 Å². The van der Waals surface area contributed by atoms with Gasteiger partial charge in [-0.05, 0) is 80.6 Å². The molecule has 1 aliphatic carbocycles. The van der Waals surface area contributed by atoms with Crippen LogP contribution in [-0.2, 0) is 16.6 Å². The summed E-state index contributed by atoms with van der Waals surface area (Å²) in [6.07, 6.45) is 6.13. The van der Waals surface area contributed by atoms with Gasteiger partial charge in [0, 0.05) is 31.6 Å². The molecule has 0 saturated carbocycles. The number of aliphatic hydroxyl groups is 1.